The van der Waals surface area contributed by atoms with Gasteiger partial charge in [-0.2, -0.15) is 0 Å². The number of amides is 1. The van der Waals surface area contributed by atoms with E-state index in [9.17, 15) is 14.0 Å². The molecule has 1 heterocycles. The monoisotopic (exact) mass is 403 g/mol. The third-order valence-electron chi connectivity index (χ3n) is 2.89. The van der Waals surface area contributed by atoms with E-state index in [1.165, 1.54) is 17.0 Å². The van der Waals surface area contributed by atoms with Crippen LogP contribution in [0.4, 0.5) is 4.39 Å². The second-order valence-electron chi connectivity index (χ2n) is 4.50. The quantitative estimate of drug-likeness (QED) is 0.600. The SMILES string of the molecule is O=C(O)CCCN1C(=O)/C(=C\c2cc(Br)ccc2F)SC1=S. The number of hydrogen-bond acceptors (Lipinski definition) is 4. The fourth-order valence-corrected chi connectivity index (χ4v) is 3.53. The van der Waals surface area contributed by atoms with E-state index in [1.54, 1.807) is 12.1 Å². The van der Waals surface area contributed by atoms with E-state index >= 15 is 0 Å². The Morgan fingerprint density at radius 1 is 1.50 bits per heavy atom. The number of carbonyl (C=O) groups excluding carboxylic acids is 1. The Bertz CT molecular complexity index is 678. The summed E-state index contributed by atoms with van der Waals surface area (Å²) in [5.41, 5.74) is 0.292. The highest BCUT2D eigenvalue weighted by Gasteiger charge is 2.31. The van der Waals surface area contributed by atoms with Crippen molar-refractivity contribution in [3.8, 4) is 0 Å². The Kier molecular flexibility index (Phi) is 5.71. The highest BCUT2D eigenvalue weighted by molar-refractivity contribution is 9.10. The molecule has 1 amide bonds. The van der Waals surface area contributed by atoms with Crippen molar-refractivity contribution in [1.82, 2.24) is 4.90 Å². The van der Waals surface area contributed by atoms with E-state index in [0.717, 1.165) is 11.8 Å². The van der Waals surface area contributed by atoms with Crippen LogP contribution in [0.1, 0.15) is 18.4 Å². The van der Waals surface area contributed by atoms with Crippen LogP contribution in [-0.2, 0) is 9.59 Å². The number of thioether (sulfide) groups is 1. The lowest BCUT2D eigenvalue weighted by molar-refractivity contribution is -0.137. The molecule has 1 aliphatic rings. The van der Waals surface area contributed by atoms with Crippen LogP contribution in [0.15, 0.2) is 27.6 Å². The van der Waals surface area contributed by atoms with Crippen LogP contribution >= 0.6 is 39.9 Å². The Balaban J connectivity index is 2.15. The molecule has 0 unspecified atom stereocenters. The molecule has 1 N–H and O–H groups in total. The van der Waals surface area contributed by atoms with Crippen LogP contribution in [0.25, 0.3) is 6.08 Å². The van der Waals surface area contributed by atoms with Gasteiger partial charge in [-0.05, 0) is 30.7 Å². The molecule has 0 radical (unpaired) electrons. The first-order valence-electron chi connectivity index (χ1n) is 6.30. The molecule has 4 nitrogen and oxygen atoms in total. The predicted octanol–water partition coefficient (Wildman–Crippen LogP) is 3.65. The van der Waals surface area contributed by atoms with Gasteiger partial charge in [-0.1, -0.05) is 39.9 Å². The van der Waals surface area contributed by atoms with E-state index in [-0.39, 0.29) is 18.9 Å². The van der Waals surface area contributed by atoms with Gasteiger partial charge < -0.3 is 5.11 Å². The summed E-state index contributed by atoms with van der Waals surface area (Å²) in [7, 11) is 0. The maximum absolute atomic E-state index is 13.7. The number of carboxylic acid groups (broad SMARTS) is 1. The summed E-state index contributed by atoms with van der Waals surface area (Å²) in [4.78, 5) is 24.5. The third-order valence-corrected chi connectivity index (χ3v) is 4.76. The molecule has 0 saturated carbocycles. The Labute approximate surface area is 144 Å². The molecule has 1 aromatic carbocycles. The number of benzene rings is 1. The minimum absolute atomic E-state index is 0.0314. The Morgan fingerprint density at radius 3 is 2.91 bits per heavy atom. The topological polar surface area (TPSA) is 57.6 Å². The summed E-state index contributed by atoms with van der Waals surface area (Å²) in [5, 5.41) is 8.62. The highest BCUT2D eigenvalue weighted by Crippen LogP contribution is 2.33. The number of aliphatic carboxylic acids is 1. The summed E-state index contributed by atoms with van der Waals surface area (Å²) in [6.45, 7) is 0.245. The van der Waals surface area contributed by atoms with Gasteiger partial charge in [0.25, 0.3) is 5.91 Å². The molecule has 8 heteroatoms. The van der Waals surface area contributed by atoms with Crippen LogP contribution in [0.5, 0.6) is 0 Å². The first-order valence-corrected chi connectivity index (χ1v) is 8.32. The zero-order valence-electron chi connectivity index (χ0n) is 11.2. The standard InChI is InChI=1S/C14H11BrFNO3S2/c15-9-3-4-10(16)8(6-9)7-11-13(20)17(14(21)22-11)5-1-2-12(18)19/h3-4,6-7H,1-2,5H2,(H,18,19)/b11-7+. The van der Waals surface area contributed by atoms with Gasteiger partial charge in [0.15, 0.2) is 0 Å². The number of carbonyl (C=O) groups is 2. The maximum Gasteiger partial charge on any atom is 0.303 e. The molecule has 0 spiro atoms. The fraction of sp³-hybridized carbons (Fsp3) is 0.214. The molecule has 2 rings (SSSR count). The van der Waals surface area contributed by atoms with Crippen molar-refractivity contribution in [2.45, 2.75) is 12.8 Å². The summed E-state index contributed by atoms with van der Waals surface area (Å²) in [6.07, 6.45) is 1.74. The molecular weight excluding hydrogens is 393 g/mol. The van der Waals surface area contributed by atoms with Crippen LogP contribution in [-0.4, -0.2) is 32.7 Å². The minimum atomic E-state index is -0.919. The van der Waals surface area contributed by atoms with Gasteiger partial charge in [-0.25, -0.2) is 4.39 Å². The molecule has 1 saturated heterocycles. The summed E-state index contributed by atoms with van der Waals surface area (Å²) < 4.78 is 14.8. The van der Waals surface area contributed by atoms with Crippen LogP contribution in [0, 0.1) is 5.82 Å². The third kappa shape index (κ3) is 4.15. The molecule has 1 aromatic rings. The number of hydrogen-bond donors (Lipinski definition) is 1. The molecule has 0 aliphatic carbocycles. The lowest BCUT2D eigenvalue weighted by Crippen LogP contribution is -2.29. The van der Waals surface area contributed by atoms with E-state index in [2.05, 4.69) is 15.9 Å². The van der Waals surface area contributed by atoms with Gasteiger partial charge in [-0.15, -0.1) is 0 Å². The Morgan fingerprint density at radius 2 is 2.23 bits per heavy atom. The van der Waals surface area contributed by atoms with Gasteiger partial charge in [0.05, 0.1) is 4.91 Å². The molecule has 0 atom stereocenters. The molecule has 0 bridgehead atoms. The smallest absolute Gasteiger partial charge is 0.303 e. The number of rotatable bonds is 5. The first-order chi connectivity index (χ1) is 10.4. The van der Waals surface area contributed by atoms with Gasteiger partial charge in [0.1, 0.15) is 10.1 Å². The zero-order chi connectivity index (χ0) is 16.3. The molecule has 0 aromatic heterocycles. The van der Waals surface area contributed by atoms with E-state index < -0.39 is 11.8 Å². The second-order valence-corrected chi connectivity index (χ2v) is 7.09. The van der Waals surface area contributed by atoms with Crippen molar-refractivity contribution in [2.75, 3.05) is 6.54 Å². The summed E-state index contributed by atoms with van der Waals surface area (Å²) in [6, 6.07) is 4.46. The number of thiocarbonyl (C=S) groups is 1. The van der Waals surface area contributed by atoms with Crippen molar-refractivity contribution < 1.29 is 19.1 Å². The second kappa shape index (κ2) is 7.34. The average Bonchev–Trinajstić information content (AvgIpc) is 2.70. The van der Waals surface area contributed by atoms with Crippen molar-refractivity contribution in [2.24, 2.45) is 0 Å². The van der Waals surface area contributed by atoms with Gasteiger partial charge in [0.2, 0.25) is 0 Å². The molecule has 116 valence electrons. The van der Waals surface area contributed by atoms with E-state index in [0.29, 0.717) is 25.7 Å². The predicted molar refractivity (Wildman–Crippen MR) is 90.8 cm³/mol. The molecule has 1 aliphatic heterocycles. The lowest BCUT2D eigenvalue weighted by atomic mass is 10.2. The van der Waals surface area contributed by atoms with Crippen molar-refractivity contribution in [1.29, 1.82) is 0 Å². The maximum atomic E-state index is 13.7. The minimum Gasteiger partial charge on any atom is -0.481 e. The lowest BCUT2D eigenvalue weighted by Gasteiger charge is -2.13. The summed E-state index contributed by atoms with van der Waals surface area (Å²) >= 11 is 9.47. The first kappa shape index (κ1) is 17.1. The van der Waals surface area contributed by atoms with E-state index in [4.69, 9.17) is 17.3 Å². The van der Waals surface area contributed by atoms with Crippen molar-refractivity contribution in [3.05, 3.63) is 39.0 Å². The van der Waals surface area contributed by atoms with Gasteiger partial charge in [-0.3, -0.25) is 14.5 Å². The van der Waals surface area contributed by atoms with Crippen molar-refractivity contribution in [3.63, 3.8) is 0 Å². The zero-order valence-corrected chi connectivity index (χ0v) is 14.4. The summed E-state index contributed by atoms with van der Waals surface area (Å²) in [5.74, 6) is -1.67. The highest BCUT2D eigenvalue weighted by atomic mass is 79.9. The molecular formula is C14H11BrFNO3S2. The largest absolute Gasteiger partial charge is 0.481 e. The number of carboxylic acids is 1. The number of halogens is 2. The normalized spacial score (nSPS) is 16.6. The number of nitrogens with zero attached hydrogens (tertiary/aromatic N) is 1. The Hall–Kier alpha value is -1.25. The molecule has 1 fully saturated rings. The van der Waals surface area contributed by atoms with Crippen LogP contribution < -0.4 is 0 Å². The van der Waals surface area contributed by atoms with E-state index in [1.807, 2.05) is 0 Å². The van der Waals surface area contributed by atoms with Gasteiger partial charge in [0, 0.05) is 23.0 Å². The molecule has 22 heavy (non-hydrogen) atoms. The van der Waals surface area contributed by atoms with Crippen LogP contribution in [0.3, 0.4) is 0 Å². The fourth-order valence-electron chi connectivity index (χ4n) is 1.85. The van der Waals surface area contributed by atoms with Crippen LogP contribution in [0.2, 0.25) is 0 Å². The average molecular weight is 404 g/mol. The van der Waals surface area contributed by atoms with Crippen molar-refractivity contribution >= 4 is 62.2 Å². The van der Waals surface area contributed by atoms with Gasteiger partial charge >= 0.3 is 5.97 Å².